The number of hydrogen-bond acceptors (Lipinski definition) is 6. The molecule has 1 atom stereocenters. The van der Waals surface area contributed by atoms with Crippen LogP contribution in [0.2, 0.25) is 0 Å². The van der Waals surface area contributed by atoms with Crippen molar-refractivity contribution in [3.05, 3.63) is 35.0 Å². The molecule has 0 radical (unpaired) electrons. The van der Waals surface area contributed by atoms with Gasteiger partial charge in [0.25, 0.3) is 0 Å². The molecule has 6 nitrogen and oxygen atoms in total. The molecular weight excluding hydrogens is 328 g/mol. The van der Waals surface area contributed by atoms with Crippen molar-refractivity contribution in [3.8, 4) is 11.5 Å². The second-order valence-electron chi connectivity index (χ2n) is 5.10. The number of hydrogen-bond donors (Lipinski definition) is 2. The summed E-state index contributed by atoms with van der Waals surface area (Å²) in [6.45, 7) is 3.98. The maximum atomic E-state index is 12.5. The summed E-state index contributed by atoms with van der Waals surface area (Å²) in [5, 5.41) is 4.06. The van der Waals surface area contributed by atoms with Crippen molar-refractivity contribution in [1.29, 1.82) is 0 Å². The standard InChI is InChI=1S/C17H22N2O4S/c1-6-23-16(20)14-10(2)18-17(24-5)19-15(14)12-8-7-11(21-3)9-13(12)22-4/h7-9,15H,6H2,1-5H3,(H,18,19)/p+1. The molecule has 130 valence electrons. The average molecular weight is 351 g/mol. The minimum Gasteiger partial charge on any atom is -0.497 e. The van der Waals surface area contributed by atoms with Crippen LogP contribution in [0.15, 0.2) is 29.5 Å². The molecule has 0 aliphatic carbocycles. The van der Waals surface area contributed by atoms with E-state index in [1.165, 1.54) is 11.8 Å². The molecule has 24 heavy (non-hydrogen) atoms. The summed E-state index contributed by atoms with van der Waals surface area (Å²) in [4.78, 5) is 15.8. The predicted molar refractivity (Wildman–Crippen MR) is 94.2 cm³/mol. The molecule has 1 aliphatic heterocycles. The fraction of sp³-hybridized carbons (Fsp3) is 0.412. The Morgan fingerprint density at radius 2 is 2.08 bits per heavy atom. The highest BCUT2D eigenvalue weighted by Crippen LogP contribution is 2.33. The zero-order chi connectivity index (χ0) is 17.7. The molecule has 0 saturated carbocycles. The number of esters is 1. The molecule has 0 aromatic heterocycles. The molecule has 0 amide bonds. The van der Waals surface area contributed by atoms with E-state index in [1.54, 1.807) is 27.2 Å². The number of carbonyl (C=O) groups is 1. The van der Waals surface area contributed by atoms with E-state index in [2.05, 4.69) is 10.3 Å². The Hall–Kier alpha value is -2.15. The van der Waals surface area contributed by atoms with E-state index in [9.17, 15) is 4.79 Å². The third kappa shape index (κ3) is 3.67. The lowest BCUT2D eigenvalue weighted by Gasteiger charge is -2.22. The van der Waals surface area contributed by atoms with E-state index in [0.717, 1.165) is 16.4 Å². The highest BCUT2D eigenvalue weighted by Gasteiger charge is 2.36. The molecule has 1 heterocycles. The third-order valence-corrected chi connectivity index (χ3v) is 4.35. The van der Waals surface area contributed by atoms with Gasteiger partial charge in [0.15, 0.2) is 6.04 Å². The Balaban J connectivity index is 2.55. The first kappa shape index (κ1) is 18.2. The molecule has 1 aromatic rings. The Morgan fingerprint density at radius 3 is 2.67 bits per heavy atom. The number of carbonyl (C=O) groups excluding carboxylic acids is 1. The lowest BCUT2D eigenvalue weighted by Crippen LogP contribution is -2.79. The second-order valence-corrected chi connectivity index (χ2v) is 5.92. The maximum Gasteiger partial charge on any atom is 0.342 e. The largest absolute Gasteiger partial charge is 0.497 e. The van der Waals surface area contributed by atoms with Crippen molar-refractivity contribution < 1.29 is 24.0 Å². The molecule has 2 N–H and O–H groups in total. The van der Waals surface area contributed by atoms with E-state index >= 15 is 0 Å². The minimum atomic E-state index is -0.367. The molecule has 7 heteroatoms. The van der Waals surface area contributed by atoms with Crippen LogP contribution in [0.5, 0.6) is 11.5 Å². The first-order chi connectivity index (χ1) is 11.5. The summed E-state index contributed by atoms with van der Waals surface area (Å²) in [6, 6.07) is 5.17. The molecule has 1 aliphatic rings. The number of methoxy groups -OCH3 is 2. The number of ether oxygens (including phenoxy) is 3. The number of allylic oxidation sites excluding steroid dienone is 1. The Morgan fingerprint density at radius 1 is 1.33 bits per heavy atom. The lowest BCUT2D eigenvalue weighted by atomic mass is 9.95. The molecule has 0 fully saturated rings. The molecule has 0 bridgehead atoms. The van der Waals surface area contributed by atoms with Gasteiger partial charge in [-0.25, -0.2) is 10.1 Å². The van der Waals surface area contributed by atoms with Crippen LogP contribution >= 0.6 is 11.8 Å². The first-order valence-corrected chi connectivity index (χ1v) is 8.82. The van der Waals surface area contributed by atoms with Gasteiger partial charge in [-0.15, -0.1) is 0 Å². The van der Waals surface area contributed by atoms with Crippen LogP contribution in [-0.4, -0.2) is 38.2 Å². The van der Waals surface area contributed by atoms with E-state index in [1.807, 2.05) is 25.3 Å². The minimum absolute atomic E-state index is 0.321. The fourth-order valence-corrected chi connectivity index (χ4v) is 3.06. The average Bonchev–Trinajstić information content (AvgIpc) is 2.60. The summed E-state index contributed by atoms with van der Waals surface area (Å²) in [5.74, 6) is 0.985. The molecule has 1 aromatic carbocycles. The van der Waals surface area contributed by atoms with Crippen molar-refractivity contribution >= 4 is 22.9 Å². The highest BCUT2D eigenvalue weighted by atomic mass is 32.2. The van der Waals surface area contributed by atoms with Crippen LogP contribution in [0, 0.1) is 0 Å². The van der Waals surface area contributed by atoms with Crippen LogP contribution in [-0.2, 0) is 9.53 Å². The van der Waals surface area contributed by atoms with Crippen molar-refractivity contribution in [3.63, 3.8) is 0 Å². The second kappa shape index (κ2) is 8.10. The fourth-order valence-electron chi connectivity index (χ4n) is 2.57. The SMILES string of the molecule is CCOC(=O)C1=C(C)NC(SC)=[NH+]C1c1ccc(OC)cc1OC. The van der Waals surface area contributed by atoms with Crippen molar-refractivity contribution in [2.75, 3.05) is 27.1 Å². The smallest absolute Gasteiger partial charge is 0.342 e. The number of rotatable bonds is 5. The zero-order valence-corrected chi connectivity index (χ0v) is 15.4. The zero-order valence-electron chi connectivity index (χ0n) is 14.6. The summed E-state index contributed by atoms with van der Waals surface area (Å²) in [5.41, 5.74) is 2.14. The Labute approximate surface area is 146 Å². The lowest BCUT2D eigenvalue weighted by molar-refractivity contribution is -0.499. The predicted octanol–water partition coefficient (Wildman–Crippen LogP) is 0.985. The Kier molecular flexibility index (Phi) is 6.14. The molecular formula is C17H23N2O4S+. The molecule has 1 unspecified atom stereocenters. The van der Waals surface area contributed by atoms with E-state index < -0.39 is 0 Å². The third-order valence-electron chi connectivity index (χ3n) is 3.72. The van der Waals surface area contributed by atoms with Crippen LogP contribution in [0.25, 0.3) is 0 Å². The number of thioether (sulfide) groups is 1. The normalized spacial score (nSPS) is 17.0. The molecule has 0 spiro atoms. The van der Waals surface area contributed by atoms with Crippen LogP contribution in [0.1, 0.15) is 25.5 Å². The number of amidine groups is 1. The van der Waals surface area contributed by atoms with Crippen molar-refractivity contribution in [1.82, 2.24) is 5.32 Å². The van der Waals surface area contributed by atoms with Crippen LogP contribution < -0.4 is 19.8 Å². The van der Waals surface area contributed by atoms with Crippen molar-refractivity contribution in [2.24, 2.45) is 0 Å². The topological polar surface area (TPSA) is 70.8 Å². The Bertz CT molecular complexity index is 685. The van der Waals surface area contributed by atoms with Gasteiger partial charge in [-0.1, -0.05) is 0 Å². The van der Waals surface area contributed by atoms with Crippen LogP contribution in [0.4, 0.5) is 0 Å². The van der Waals surface area contributed by atoms with E-state index in [4.69, 9.17) is 14.2 Å². The number of nitrogens with one attached hydrogen (secondary N) is 2. The molecule has 2 rings (SSSR count). The highest BCUT2D eigenvalue weighted by molar-refractivity contribution is 8.12. The van der Waals surface area contributed by atoms with Gasteiger partial charge in [-0.05, 0) is 44.0 Å². The van der Waals surface area contributed by atoms with Crippen molar-refractivity contribution in [2.45, 2.75) is 19.9 Å². The van der Waals surface area contributed by atoms with Gasteiger partial charge in [0, 0.05) is 11.6 Å². The summed E-state index contributed by atoms with van der Waals surface area (Å²) >= 11 is 1.54. The summed E-state index contributed by atoms with van der Waals surface area (Å²) in [6.07, 6.45) is 1.96. The maximum absolute atomic E-state index is 12.5. The van der Waals surface area contributed by atoms with Gasteiger partial charge in [0.05, 0.1) is 20.8 Å². The van der Waals surface area contributed by atoms with Crippen LogP contribution in [0.3, 0.4) is 0 Å². The monoisotopic (exact) mass is 351 g/mol. The summed E-state index contributed by atoms with van der Waals surface area (Å²) < 4.78 is 16.0. The van der Waals surface area contributed by atoms with E-state index in [-0.39, 0.29) is 12.0 Å². The van der Waals surface area contributed by atoms with Gasteiger partial charge in [-0.2, -0.15) is 0 Å². The van der Waals surface area contributed by atoms with Gasteiger partial charge in [0.1, 0.15) is 22.8 Å². The van der Waals surface area contributed by atoms with Gasteiger partial charge < -0.3 is 14.2 Å². The van der Waals surface area contributed by atoms with Gasteiger partial charge in [0.2, 0.25) is 0 Å². The molecule has 0 saturated heterocycles. The quantitative estimate of drug-likeness (QED) is 0.771. The van der Waals surface area contributed by atoms with E-state index in [0.29, 0.717) is 23.7 Å². The number of benzene rings is 1. The first-order valence-electron chi connectivity index (χ1n) is 7.60. The summed E-state index contributed by atoms with van der Waals surface area (Å²) in [7, 11) is 3.20. The van der Waals surface area contributed by atoms with Gasteiger partial charge >= 0.3 is 11.1 Å². The van der Waals surface area contributed by atoms with Gasteiger partial charge in [-0.3, -0.25) is 4.99 Å².